The Morgan fingerprint density at radius 3 is 1.73 bits per heavy atom. The Balaban J connectivity index is 3.48. The summed E-state index contributed by atoms with van der Waals surface area (Å²) in [6.45, 7) is 13.9. The first-order valence-electron chi connectivity index (χ1n) is 5.74. The summed E-state index contributed by atoms with van der Waals surface area (Å²) in [5.41, 5.74) is 3.61. The van der Waals surface area contributed by atoms with Gasteiger partial charge in [0.1, 0.15) is 0 Å². The van der Waals surface area contributed by atoms with Crippen molar-refractivity contribution in [3.8, 4) is 0 Å². The summed E-state index contributed by atoms with van der Waals surface area (Å²) < 4.78 is 0. The van der Waals surface area contributed by atoms with E-state index in [-0.39, 0.29) is 10.8 Å². The first-order chi connectivity index (χ1) is 6.64. The molecule has 0 saturated heterocycles. The molecule has 0 unspecified atom stereocenters. The van der Waals surface area contributed by atoms with Crippen LogP contribution < -0.4 is 5.19 Å². The predicted octanol–water partition coefficient (Wildman–Crippen LogP) is 2.27. The largest absolute Gasteiger partial charge is 0.0668 e. The van der Waals surface area contributed by atoms with E-state index >= 15 is 0 Å². The molecule has 84 valence electrons. The highest BCUT2D eigenvalue weighted by atomic mass is 28.1. The molecule has 0 saturated carbocycles. The Morgan fingerprint density at radius 2 is 1.40 bits per heavy atom. The number of hydrogen-bond acceptors (Lipinski definition) is 0. The molecule has 0 fully saturated rings. The SMILES string of the molecule is CC(C)(C)c1cccc([SiH3])c1C(C)(C)C. The second-order valence-corrected chi connectivity index (χ2v) is 7.57. The van der Waals surface area contributed by atoms with Gasteiger partial charge in [-0.05, 0) is 22.0 Å². The van der Waals surface area contributed by atoms with E-state index in [2.05, 4.69) is 59.7 Å². The van der Waals surface area contributed by atoms with E-state index in [4.69, 9.17) is 0 Å². The van der Waals surface area contributed by atoms with Gasteiger partial charge in [0.25, 0.3) is 0 Å². The van der Waals surface area contributed by atoms with E-state index in [1.165, 1.54) is 5.56 Å². The summed E-state index contributed by atoms with van der Waals surface area (Å²) in [5, 5.41) is 1.55. The Bertz CT molecular complexity index is 351. The van der Waals surface area contributed by atoms with E-state index in [0.29, 0.717) is 0 Å². The molecular weight excluding hydrogens is 196 g/mol. The van der Waals surface area contributed by atoms with Crippen LogP contribution in [0.4, 0.5) is 0 Å². The highest BCUT2D eigenvalue weighted by molar-refractivity contribution is 6.33. The first kappa shape index (κ1) is 12.5. The molecule has 0 atom stereocenters. The number of rotatable bonds is 0. The van der Waals surface area contributed by atoms with Gasteiger partial charge in [-0.2, -0.15) is 0 Å². The smallest absolute Gasteiger partial charge is 0.0389 e. The van der Waals surface area contributed by atoms with E-state index < -0.39 is 0 Å². The molecule has 0 nitrogen and oxygen atoms in total. The van der Waals surface area contributed by atoms with Gasteiger partial charge in [-0.3, -0.25) is 0 Å². The van der Waals surface area contributed by atoms with E-state index in [0.717, 1.165) is 10.2 Å². The van der Waals surface area contributed by atoms with Gasteiger partial charge < -0.3 is 0 Å². The Hall–Kier alpha value is -0.563. The standard InChI is InChI=1S/C14H24Si/c1-13(2,3)10-8-7-9-11(15)12(10)14(4,5)6/h7-9H,1-6,15H3. The molecule has 1 aromatic rings. The minimum Gasteiger partial charge on any atom is -0.0668 e. The van der Waals surface area contributed by atoms with Crippen LogP contribution in [0.15, 0.2) is 18.2 Å². The molecule has 1 aromatic carbocycles. The van der Waals surface area contributed by atoms with Gasteiger partial charge in [-0.25, -0.2) is 0 Å². The fraction of sp³-hybridized carbons (Fsp3) is 0.571. The lowest BCUT2D eigenvalue weighted by Crippen LogP contribution is -2.29. The maximum atomic E-state index is 2.32. The summed E-state index contributed by atoms with van der Waals surface area (Å²) in [5.74, 6) is 0. The van der Waals surface area contributed by atoms with Crippen molar-refractivity contribution in [1.29, 1.82) is 0 Å². The molecule has 0 N–H and O–H groups in total. The molecule has 0 aliphatic heterocycles. The van der Waals surface area contributed by atoms with Crippen LogP contribution in [0, 0.1) is 0 Å². The van der Waals surface area contributed by atoms with Gasteiger partial charge in [0.05, 0.1) is 0 Å². The van der Waals surface area contributed by atoms with Crippen LogP contribution in [0.2, 0.25) is 0 Å². The minimum absolute atomic E-state index is 0.253. The third-order valence-corrected chi connectivity index (χ3v) is 3.66. The Morgan fingerprint density at radius 1 is 0.867 bits per heavy atom. The van der Waals surface area contributed by atoms with Gasteiger partial charge in [0.15, 0.2) is 0 Å². The average Bonchev–Trinajstić information content (AvgIpc) is 1.99. The van der Waals surface area contributed by atoms with Gasteiger partial charge in [0.2, 0.25) is 0 Å². The van der Waals surface area contributed by atoms with Crippen molar-refractivity contribution in [3.63, 3.8) is 0 Å². The molecule has 0 aliphatic carbocycles. The molecular formula is C14H24Si. The van der Waals surface area contributed by atoms with Crippen LogP contribution >= 0.6 is 0 Å². The molecule has 15 heavy (non-hydrogen) atoms. The molecule has 0 bridgehead atoms. The lowest BCUT2D eigenvalue weighted by Gasteiger charge is -2.31. The van der Waals surface area contributed by atoms with Crippen LogP contribution in [-0.2, 0) is 10.8 Å². The van der Waals surface area contributed by atoms with Gasteiger partial charge in [-0.1, -0.05) is 64.9 Å². The molecule has 0 heterocycles. The van der Waals surface area contributed by atoms with Crippen LogP contribution in [0.3, 0.4) is 0 Å². The van der Waals surface area contributed by atoms with Crippen LogP contribution in [0.5, 0.6) is 0 Å². The highest BCUT2D eigenvalue weighted by Gasteiger charge is 2.25. The monoisotopic (exact) mass is 220 g/mol. The first-order valence-corrected chi connectivity index (χ1v) is 6.74. The quantitative estimate of drug-likeness (QED) is 0.589. The minimum atomic E-state index is 0.253. The molecule has 0 spiro atoms. The zero-order valence-electron chi connectivity index (χ0n) is 11.2. The topological polar surface area (TPSA) is 0 Å². The third kappa shape index (κ3) is 2.72. The van der Waals surface area contributed by atoms with Gasteiger partial charge in [-0.15, -0.1) is 0 Å². The normalized spacial score (nSPS) is 13.2. The molecule has 0 amide bonds. The van der Waals surface area contributed by atoms with Crippen molar-refractivity contribution in [2.24, 2.45) is 0 Å². The lowest BCUT2D eigenvalue weighted by molar-refractivity contribution is 0.533. The summed E-state index contributed by atoms with van der Waals surface area (Å²) >= 11 is 0. The second-order valence-electron chi connectivity index (χ2n) is 6.50. The molecule has 1 rings (SSSR count). The Kier molecular flexibility index (Phi) is 3.15. The van der Waals surface area contributed by atoms with Crippen molar-refractivity contribution >= 4 is 15.4 Å². The number of hydrogen-bond donors (Lipinski definition) is 0. The maximum absolute atomic E-state index is 2.32. The molecule has 0 aliphatic rings. The van der Waals surface area contributed by atoms with Crippen LogP contribution in [0.25, 0.3) is 0 Å². The summed E-state index contributed by atoms with van der Waals surface area (Å²) in [4.78, 5) is 0. The zero-order chi connectivity index (χ0) is 11.9. The van der Waals surface area contributed by atoms with Crippen LogP contribution in [-0.4, -0.2) is 10.2 Å². The fourth-order valence-electron chi connectivity index (χ4n) is 2.29. The molecule has 0 aromatic heterocycles. The van der Waals surface area contributed by atoms with Crippen LogP contribution in [0.1, 0.15) is 52.7 Å². The van der Waals surface area contributed by atoms with E-state index in [9.17, 15) is 0 Å². The lowest BCUT2D eigenvalue weighted by atomic mass is 9.75. The van der Waals surface area contributed by atoms with Gasteiger partial charge in [0, 0.05) is 10.2 Å². The highest BCUT2D eigenvalue weighted by Crippen LogP contribution is 2.32. The average molecular weight is 220 g/mol. The van der Waals surface area contributed by atoms with E-state index in [1.54, 1.807) is 10.8 Å². The third-order valence-electron chi connectivity index (χ3n) is 2.83. The predicted molar refractivity (Wildman–Crippen MR) is 73.4 cm³/mol. The molecule has 0 radical (unpaired) electrons. The summed E-state index contributed by atoms with van der Waals surface area (Å²) in [6.07, 6.45) is 0. The van der Waals surface area contributed by atoms with Crippen molar-refractivity contribution in [3.05, 3.63) is 29.3 Å². The Labute approximate surface area is 97.5 Å². The fourth-order valence-corrected chi connectivity index (χ4v) is 3.50. The van der Waals surface area contributed by atoms with Crippen molar-refractivity contribution in [2.75, 3.05) is 0 Å². The number of benzene rings is 1. The zero-order valence-corrected chi connectivity index (χ0v) is 13.2. The van der Waals surface area contributed by atoms with Crippen molar-refractivity contribution in [2.45, 2.75) is 52.4 Å². The van der Waals surface area contributed by atoms with Crippen molar-refractivity contribution in [1.82, 2.24) is 0 Å². The van der Waals surface area contributed by atoms with Gasteiger partial charge >= 0.3 is 0 Å². The van der Waals surface area contributed by atoms with E-state index in [1.807, 2.05) is 0 Å². The summed E-state index contributed by atoms with van der Waals surface area (Å²) in [7, 11) is 1.14. The molecule has 1 heteroatoms. The maximum Gasteiger partial charge on any atom is 0.0389 e. The second kappa shape index (κ2) is 3.78. The van der Waals surface area contributed by atoms with Crippen molar-refractivity contribution < 1.29 is 0 Å². The summed E-state index contributed by atoms with van der Waals surface area (Å²) in [6, 6.07) is 6.78.